The largest absolute Gasteiger partial charge is 0.480 e. The van der Waals surface area contributed by atoms with Crippen molar-refractivity contribution in [2.75, 3.05) is 40.4 Å². The Labute approximate surface area is 103 Å². The van der Waals surface area contributed by atoms with Crippen LogP contribution in [-0.4, -0.2) is 61.9 Å². The van der Waals surface area contributed by atoms with Gasteiger partial charge in [-0.05, 0) is 39.3 Å². The second-order valence-corrected chi connectivity index (χ2v) is 5.09. The van der Waals surface area contributed by atoms with Crippen molar-refractivity contribution in [3.05, 3.63) is 0 Å². The van der Waals surface area contributed by atoms with E-state index in [-0.39, 0.29) is 0 Å². The maximum Gasteiger partial charge on any atom is 0.324 e. The molecule has 5 heteroatoms. The molecule has 1 fully saturated rings. The van der Waals surface area contributed by atoms with Gasteiger partial charge < -0.3 is 20.1 Å². The zero-order valence-corrected chi connectivity index (χ0v) is 11.0. The minimum atomic E-state index is -0.866. The fourth-order valence-electron chi connectivity index (χ4n) is 2.37. The van der Waals surface area contributed by atoms with Crippen LogP contribution in [0.3, 0.4) is 0 Å². The van der Waals surface area contributed by atoms with Crippen LogP contribution in [0, 0.1) is 5.92 Å². The van der Waals surface area contributed by atoms with E-state index in [4.69, 9.17) is 4.74 Å². The summed E-state index contributed by atoms with van der Waals surface area (Å²) in [5, 5.41) is 12.1. The Morgan fingerprint density at radius 3 is 2.88 bits per heavy atom. The number of likely N-dealkylation sites (N-methyl/N-ethyl adjacent to an activating group) is 1. The Morgan fingerprint density at radius 2 is 2.35 bits per heavy atom. The van der Waals surface area contributed by atoms with Gasteiger partial charge in [-0.1, -0.05) is 0 Å². The van der Waals surface area contributed by atoms with Gasteiger partial charge in [-0.2, -0.15) is 0 Å². The Morgan fingerprint density at radius 1 is 1.65 bits per heavy atom. The van der Waals surface area contributed by atoms with Gasteiger partial charge in [0.05, 0.1) is 6.61 Å². The van der Waals surface area contributed by atoms with Crippen LogP contribution in [0.15, 0.2) is 0 Å². The number of rotatable bonds is 6. The van der Waals surface area contributed by atoms with Crippen LogP contribution < -0.4 is 5.32 Å². The smallest absolute Gasteiger partial charge is 0.324 e. The Kier molecular flexibility index (Phi) is 5.36. The molecule has 1 heterocycles. The van der Waals surface area contributed by atoms with Crippen molar-refractivity contribution in [1.82, 2.24) is 10.2 Å². The molecule has 1 rings (SSSR count). The lowest BCUT2D eigenvalue weighted by atomic mass is 9.95. The van der Waals surface area contributed by atoms with E-state index in [0.717, 1.165) is 26.1 Å². The van der Waals surface area contributed by atoms with Gasteiger partial charge in [-0.25, -0.2) is 0 Å². The molecule has 1 aliphatic rings. The molecule has 2 atom stereocenters. The van der Waals surface area contributed by atoms with Crippen molar-refractivity contribution in [1.29, 1.82) is 0 Å². The van der Waals surface area contributed by atoms with Gasteiger partial charge in [0.25, 0.3) is 0 Å². The van der Waals surface area contributed by atoms with Gasteiger partial charge in [-0.3, -0.25) is 4.79 Å². The van der Waals surface area contributed by atoms with E-state index in [2.05, 4.69) is 10.2 Å². The molecule has 1 aliphatic heterocycles. The highest BCUT2D eigenvalue weighted by Crippen LogP contribution is 2.19. The first-order valence-electron chi connectivity index (χ1n) is 6.15. The molecule has 0 spiro atoms. The fourth-order valence-corrected chi connectivity index (χ4v) is 2.37. The molecule has 0 aromatic carbocycles. The molecule has 0 amide bonds. The third kappa shape index (κ3) is 3.94. The average molecular weight is 244 g/mol. The highest BCUT2D eigenvalue weighted by molar-refractivity contribution is 5.78. The molecule has 5 nitrogen and oxygen atoms in total. The monoisotopic (exact) mass is 244 g/mol. The van der Waals surface area contributed by atoms with E-state index in [1.807, 2.05) is 0 Å². The quantitative estimate of drug-likeness (QED) is 0.708. The summed E-state index contributed by atoms with van der Waals surface area (Å²) in [6, 6.07) is 0. The molecule has 1 saturated heterocycles. The van der Waals surface area contributed by atoms with Crippen molar-refractivity contribution in [3.8, 4) is 0 Å². The molecule has 0 bridgehead atoms. The third-order valence-electron chi connectivity index (χ3n) is 3.57. The second kappa shape index (κ2) is 6.33. The van der Waals surface area contributed by atoms with E-state index in [0.29, 0.717) is 12.5 Å². The number of nitrogens with one attached hydrogen (secondary N) is 1. The summed E-state index contributed by atoms with van der Waals surface area (Å²) in [5.74, 6) is -0.266. The number of likely N-dealkylation sites (tertiary alicyclic amines) is 1. The summed E-state index contributed by atoms with van der Waals surface area (Å²) in [5.41, 5.74) is -0.866. The number of piperidine rings is 1. The molecule has 2 N–H and O–H groups in total. The molecule has 0 radical (unpaired) electrons. The number of hydrogen-bond donors (Lipinski definition) is 2. The number of carbonyl (C=O) groups is 1. The Hall–Kier alpha value is -0.650. The lowest BCUT2D eigenvalue weighted by Crippen LogP contribution is -2.57. The first-order valence-corrected chi connectivity index (χ1v) is 6.15. The van der Waals surface area contributed by atoms with Crippen LogP contribution in [0.5, 0.6) is 0 Å². The van der Waals surface area contributed by atoms with Crippen LogP contribution in [-0.2, 0) is 9.53 Å². The standard InChI is InChI=1S/C12H24N2O3/c1-12(13-2,11(15)16)9-14-6-4-5-10(7-14)8-17-3/h10,13H,4-9H2,1-3H3,(H,15,16). The molecular weight excluding hydrogens is 220 g/mol. The zero-order valence-electron chi connectivity index (χ0n) is 11.0. The molecular formula is C12H24N2O3. The summed E-state index contributed by atoms with van der Waals surface area (Å²) >= 11 is 0. The Balaban J connectivity index is 2.52. The van der Waals surface area contributed by atoms with Gasteiger partial charge in [0.15, 0.2) is 0 Å². The summed E-state index contributed by atoms with van der Waals surface area (Å²) in [6.45, 7) is 4.94. The van der Waals surface area contributed by atoms with Crippen molar-refractivity contribution in [2.45, 2.75) is 25.3 Å². The normalized spacial score (nSPS) is 25.5. The van der Waals surface area contributed by atoms with E-state index < -0.39 is 11.5 Å². The number of ether oxygens (including phenoxy) is 1. The summed E-state index contributed by atoms with van der Waals surface area (Å²) in [4.78, 5) is 13.4. The number of hydrogen-bond acceptors (Lipinski definition) is 4. The van der Waals surface area contributed by atoms with E-state index >= 15 is 0 Å². The van der Waals surface area contributed by atoms with Crippen molar-refractivity contribution >= 4 is 5.97 Å². The van der Waals surface area contributed by atoms with Crippen LogP contribution in [0.25, 0.3) is 0 Å². The van der Waals surface area contributed by atoms with Crippen LogP contribution >= 0.6 is 0 Å². The molecule has 0 aromatic heterocycles. The van der Waals surface area contributed by atoms with E-state index in [1.165, 1.54) is 6.42 Å². The third-order valence-corrected chi connectivity index (χ3v) is 3.57. The first kappa shape index (κ1) is 14.4. The maximum atomic E-state index is 11.2. The predicted molar refractivity (Wildman–Crippen MR) is 66.1 cm³/mol. The summed E-state index contributed by atoms with van der Waals surface area (Å²) in [7, 11) is 3.42. The van der Waals surface area contributed by atoms with Gasteiger partial charge in [0.2, 0.25) is 0 Å². The predicted octanol–water partition coefficient (Wildman–Crippen LogP) is 0.408. The summed E-state index contributed by atoms with van der Waals surface area (Å²) in [6.07, 6.45) is 2.29. The van der Waals surface area contributed by atoms with E-state index in [9.17, 15) is 9.90 Å². The number of nitrogens with zero attached hydrogens (tertiary/aromatic N) is 1. The van der Waals surface area contributed by atoms with Crippen LogP contribution in [0.4, 0.5) is 0 Å². The minimum absolute atomic E-state index is 0.531. The van der Waals surface area contributed by atoms with Crippen molar-refractivity contribution in [2.24, 2.45) is 5.92 Å². The number of carboxylic acid groups (broad SMARTS) is 1. The van der Waals surface area contributed by atoms with Gasteiger partial charge in [0.1, 0.15) is 5.54 Å². The molecule has 0 aliphatic carbocycles. The second-order valence-electron chi connectivity index (χ2n) is 5.09. The van der Waals surface area contributed by atoms with E-state index in [1.54, 1.807) is 21.1 Å². The van der Waals surface area contributed by atoms with Crippen molar-refractivity contribution in [3.63, 3.8) is 0 Å². The maximum absolute atomic E-state index is 11.2. The van der Waals surface area contributed by atoms with Crippen molar-refractivity contribution < 1.29 is 14.6 Å². The average Bonchev–Trinajstić information content (AvgIpc) is 2.29. The molecule has 0 saturated carbocycles. The van der Waals surface area contributed by atoms with Crippen LogP contribution in [0.2, 0.25) is 0 Å². The number of aliphatic carboxylic acids is 1. The number of carboxylic acids is 1. The lowest BCUT2D eigenvalue weighted by Gasteiger charge is -2.37. The molecule has 2 unspecified atom stereocenters. The molecule has 17 heavy (non-hydrogen) atoms. The Bertz CT molecular complexity index is 258. The number of methoxy groups -OCH3 is 1. The fraction of sp³-hybridized carbons (Fsp3) is 0.917. The highest BCUT2D eigenvalue weighted by Gasteiger charge is 2.34. The SMILES string of the molecule is CNC(C)(CN1CCCC(COC)C1)C(=O)O. The minimum Gasteiger partial charge on any atom is -0.480 e. The molecule has 100 valence electrons. The lowest BCUT2D eigenvalue weighted by molar-refractivity contribution is -0.145. The first-order chi connectivity index (χ1) is 8.01. The van der Waals surface area contributed by atoms with Crippen LogP contribution in [0.1, 0.15) is 19.8 Å². The highest BCUT2D eigenvalue weighted by atomic mass is 16.5. The summed E-state index contributed by atoms with van der Waals surface area (Å²) < 4.78 is 5.17. The van der Waals surface area contributed by atoms with Gasteiger partial charge in [0, 0.05) is 20.2 Å². The zero-order chi connectivity index (χ0) is 12.9. The van der Waals surface area contributed by atoms with Gasteiger partial charge >= 0.3 is 5.97 Å². The van der Waals surface area contributed by atoms with Gasteiger partial charge in [-0.15, -0.1) is 0 Å². The topological polar surface area (TPSA) is 61.8 Å². The molecule has 0 aromatic rings.